The number of halogens is 2. The summed E-state index contributed by atoms with van der Waals surface area (Å²) in [5, 5.41) is 31.9. The van der Waals surface area contributed by atoms with E-state index in [0.717, 1.165) is 0 Å². The predicted molar refractivity (Wildman–Crippen MR) is 78.3 cm³/mol. The van der Waals surface area contributed by atoms with Gasteiger partial charge in [-0.15, -0.1) is 0 Å². The van der Waals surface area contributed by atoms with Crippen molar-refractivity contribution in [3.05, 3.63) is 39.9 Å². The van der Waals surface area contributed by atoms with Crippen molar-refractivity contribution in [1.29, 1.82) is 0 Å². The quantitative estimate of drug-likeness (QED) is 0.301. The van der Waals surface area contributed by atoms with Gasteiger partial charge >= 0.3 is 0 Å². The van der Waals surface area contributed by atoms with Crippen LogP contribution < -0.4 is 5.32 Å². The molecule has 1 amide bonds. The Bertz CT molecular complexity index is 486. The fraction of sp³-hybridized carbons (Fsp3) is 0.364. The molecule has 0 heterocycles. The number of non-ortho nitro benzene ring substituents is 1. The van der Waals surface area contributed by atoms with E-state index in [2.05, 4.69) is 5.32 Å². The van der Waals surface area contributed by atoms with E-state index in [1.165, 1.54) is 24.3 Å². The molecule has 0 bridgehead atoms. The summed E-state index contributed by atoms with van der Waals surface area (Å²) in [5.41, 5.74) is 0.169. The molecule has 0 aliphatic heterocycles. The van der Waals surface area contributed by atoms with E-state index in [-0.39, 0.29) is 35.2 Å². The van der Waals surface area contributed by atoms with Crippen LogP contribution in [0.4, 0.5) is 5.69 Å². The van der Waals surface area contributed by atoms with Gasteiger partial charge in [-0.3, -0.25) is 14.9 Å². The molecule has 0 aromatic heterocycles. The third kappa shape index (κ3) is 6.07. The standard InChI is InChI=1S/C11H12Cl2N2O5.Na/c12-10(13)11(18)14-8(5-16)9(17)6-1-3-7(4-2-6)15(19)20;/h1-4,8-10,16-17H,5H2,(H,14,18);/t8-,9-;/m1./s1. The number of carbonyl (C=O) groups is 1. The number of nitrogens with zero attached hydrogens (tertiary/aromatic N) is 1. The van der Waals surface area contributed by atoms with Crippen LogP contribution in [0.3, 0.4) is 0 Å². The molecule has 0 saturated carbocycles. The second-order valence-corrected chi connectivity index (χ2v) is 4.99. The first-order chi connectivity index (χ1) is 9.36. The molecule has 1 radical (unpaired) electrons. The van der Waals surface area contributed by atoms with Crippen LogP contribution in [0.25, 0.3) is 0 Å². The molecule has 0 spiro atoms. The average Bonchev–Trinajstić information content (AvgIpc) is 2.43. The van der Waals surface area contributed by atoms with Crippen LogP contribution in [0, 0.1) is 10.1 Å². The van der Waals surface area contributed by atoms with Gasteiger partial charge < -0.3 is 15.5 Å². The molecular weight excluding hydrogens is 334 g/mol. The SMILES string of the molecule is O=C(N[C@H](CO)[C@H](O)c1ccc([N+](=O)[O-])cc1)C(Cl)Cl.[Na]. The summed E-state index contributed by atoms with van der Waals surface area (Å²) in [5.74, 6) is -0.756. The molecular formula is C11H12Cl2N2NaO5. The summed E-state index contributed by atoms with van der Waals surface area (Å²) < 4.78 is 0. The Morgan fingerprint density at radius 3 is 2.24 bits per heavy atom. The molecule has 1 aromatic rings. The zero-order chi connectivity index (χ0) is 15.3. The molecule has 10 heteroatoms. The van der Waals surface area contributed by atoms with Gasteiger partial charge in [-0.1, -0.05) is 23.2 Å². The fourth-order valence-corrected chi connectivity index (χ4v) is 1.62. The molecule has 0 unspecified atom stereocenters. The summed E-state index contributed by atoms with van der Waals surface area (Å²) in [7, 11) is 0. The Morgan fingerprint density at radius 2 is 1.86 bits per heavy atom. The van der Waals surface area contributed by atoms with E-state index in [1.54, 1.807) is 0 Å². The number of benzene rings is 1. The van der Waals surface area contributed by atoms with Gasteiger partial charge in [0, 0.05) is 41.7 Å². The number of carbonyl (C=O) groups excluding carboxylic acids is 1. The molecule has 0 aliphatic rings. The third-order valence-corrected chi connectivity index (χ3v) is 2.95. The topological polar surface area (TPSA) is 113 Å². The zero-order valence-corrected chi connectivity index (χ0v) is 14.6. The summed E-state index contributed by atoms with van der Waals surface area (Å²) in [6.07, 6.45) is -1.25. The van der Waals surface area contributed by atoms with E-state index in [1.807, 2.05) is 0 Å². The van der Waals surface area contributed by atoms with Crippen LogP contribution in [0.1, 0.15) is 11.7 Å². The maximum atomic E-state index is 11.3. The van der Waals surface area contributed by atoms with Gasteiger partial charge in [-0.25, -0.2) is 0 Å². The van der Waals surface area contributed by atoms with Crippen LogP contribution in [-0.2, 0) is 4.79 Å². The van der Waals surface area contributed by atoms with E-state index in [9.17, 15) is 20.0 Å². The van der Waals surface area contributed by atoms with Crippen molar-refractivity contribution in [1.82, 2.24) is 5.32 Å². The largest absolute Gasteiger partial charge is 0.394 e. The molecule has 21 heavy (non-hydrogen) atoms. The third-order valence-electron chi connectivity index (χ3n) is 2.55. The van der Waals surface area contributed by atoms with Crippen molar-refractivity contribution >= 4 is 64.4 Å². The van der Waals surface area contributed by atoms with Crippen LogP contribution in [0.2, 0.25) is 0 Å². The minimum absolute atomic E-state index is 0. The molecule has 0 aliphatic carbocycles. The second-order valence-electron chi connectivity index (χ2n) is 3.89. The normalized spacial score (nSPS) is 13.2. The number of alkyl halides is 2. The van der Waals surface area contributed by atoms with E-state index in [4.69, 9.17) is 28.3 Å². The predicted octanol–water partition coefficient (Wildman–Crippen LogP) is 0.528. The number of rotatable bonds is 6. The summed E-state index contributed by atoms with van der Waals surface area (Å²) in [6.45, 7) is -0.551. The Balaban J connectivity index is 0.00000400. The minimum atomic E-state index is -1.33. The number of nitrogens with one attached hydrogen (secondary N) is 1. The van der Waals surface area contributed by atoms with Crippen LogP contribution >= 0.6 is 23.2 Å². The first-order valence-electron chi connectivity index (χ1n) is 5.48. The number of nitro groups is 1. The van der Waals surface area contributed by atoms with Gasteiger partial charge in [0.1, 0.15) is 6.10 Å². The first kappa shape index (κ1) is 20.6. The van der Waals surface area contributed by atoms with Gasteiger partial charge in [-0.05, 0) is 17.7 Å². The first-order valence-corrected chi connectivity index (χ1v) is 6.36. The number of hydrogen-bond acceptors (Lipinski definition) is 5. The van der Waals surface area contributed by atoms with E-state index < -0.39 is 34.4 Å². The molecule has 1 rings (SSSR count). The maximum Gasteiger partial charge on any atom is 0.269 e. The Morgan fingerprint density at radius 1 is 1.33 bits per heavy atom. The Hall–Kier alpha value is -0.410. The number of amides is 1. The summed E-state index contributed by atoms with van der Waals surface area (Å²) >= 11 is 10.7. The number of hydrogen-bond donors (Lipinski definition) is 3. The fourth-order valence-electron chi connectivity index (χ4n) is 1.50. The molecule has 111 valence electrons. The number of aliphatic hydroxyl groups is 2. The molecule has 0 saturated heterocycles. The molecule has 2 atom stereocenters. The molecule has 3 N–H and O–H groups in total. The molecule has 7 nitrogen and oxygen atoms in total. The van der Waals surface area contributed by atoms with Gasteiger partial charge in [0.2, 0.25) is 0 Å². The van der Waals surface area contributed by atoms with E-state index >= 15 is 0 Å². The van der Waals surface area contributed by atoms with Gasteiger partial charge in [0.15, 0.2) is 4.84 Å². The van der Waals surface area contributed by atoms with Crippen molar-refractivity contribution in [2.75, 3.05) is 6.61 Å². The smallest absolute Gasteiger partial charge is 0.269 e. The summed E-state index contributed by atoms with van der Waals surface area (Å²) in [4.78, 5) is 19.9. The van der Waals surface area contributed by atoms with Crippen molar-refractivity contribution in [2.45, 2.75) is 17.0 Å². The number of aliphatic hydroxyl groups excluding tert-OH is 2. The van der Waals surface area contributed by atoms with E-state index in [0.29, 0.717) is 5.56 Å². The monoisotopic (exact) mass is 345 g/mol. The maximum absolute atomic E-state index is 11.3. The molecule has 0 fully saturated rings. The molecule has 1 aromatic carbocycles. The van der Waals surface area contributed by atoms with Gasteiger partial charge in [-0.2, -0.15) is 0 Å². The minimum Gasteiger partial charge on any atom is -0.394 e. The van der Waals surface area contributed by atoms with Crippen molar-refractivity contribution < 1.29 is 19.9 Å². The van der Waals surface area contributed by atoms with Crippen LogP contribution in [0.15, 0.2) is 24.3 Å². The number of nitro benzene ring substituents is 1. The summed E-state index contributed by atoms with van der Waals surface area (Å²) in [6, 6.07) is 4.05. The second kappa shape index (κ2) is 9.58. The Kier molecular flexibility index (Phi) is 9.39. The zero-order valence-electron chi connectivity index (χ0n) is 11.1. The van der Waals surface area contributed by atoms with Crippen molar-refractivity contribution in [3.63, 3.8) is 0 Å². The van der Waals surface area contributed by atoms with Gasteiger partial charge in [0.25, 0.3) is 11.6 Å². The Labute approximate surface area is 152 Å². The van der Waals surface area contributed by atoms with Crippen molar-refractivity contribution in [2.24, 2.45) is 0 Å². The van der Waals surface area contributed by atoms with Gasteiger partial charge in [0.05, 0.1) is 17.6 Å². The van der Waals surface area contributed by atoms with Crippen molar-refractivity contribution in [3.8, 4) is 0 Å². The van der Waals surface area contributed by atoms with Crippen LogP contribution in [-0.4, -0.2) is 68.1 Å². The van der Waals surface area contributed by atoms with Crippen LogP contribution in [0.5, 0.6) is 0 Å². The average molecular weight is 346 g/mol.